The molecule has 3 nitrogen and oxygen atoms in total. The second-order valence-electron chi connectivity index (χ2n) is 17.2. The molecule has 0 unspecified atom stereocenters. The van der Waals surface area contributed by atoms with Crippen molar-refractivity contribution < 1.29 is 13.6 Å². The highest BCUT2D eigenvalue weighted by Gasteiger charge is 2.36. The van der Waals surface area contributed by atoms with Crippen LogP contribution in [0.25, 0.3) is 22.3 Å². The molecule has 0 saturated carbocycles. The molecule has 0 bridgehead atoms. The molecule has 4 aromatic rings. The van der Waals surface area contributed by atoms with Gasteiger partial charge in [0.25, 0.3) is 0 Å². The van der Waals surface area contributed by atoms with Crippen LogP contribution in [0, 0.1) is 13.8 Å². The van der Waals surface area contributed by atoms with Gasteiger partial charge < -0.3 is 9.05 Å². The summed E-state index contributed by atoms with van der Waals surface area (Å²) in [5.74, 6) is 1.69. The Labute approximate surface area is 293 Å². The highest BCUT2D eigenvalue weighted by atomic mass is 31.2. The van der Waals surface area contributed by atoms with Crippen molar-refractivity contribution in [3.05, 3.63) is 106 Å². The molecule has 0 aromatic heterocycles. The lowest BCUT2D eigenvalue weighted by atomic mass is 9.73. The minimum atomic E-state index is -1.81. The molecule has 0 N–H and O–H groups in total. The van der Waals surface area contributed by atoms with Crippen molar-refractivity contribution in [2.45, 2.75) is 126 Å². The van der Waals surface area contributed by atoms with E-state index in [2.05, 4.69) is 170 Å². The maximum absolute atomic E-state index is 7.06. The Morgan fingerprint density at radius 2 is 0.833 bits per heavy atom. The van der Waals surface area contributed by atoms with E-state index >= 15 is 0 Å². The lowest BCUT2D eigenvalue weighted by Crippen LogP contribution is -2.22. The lowest BCUT2D eigenvalue weighted by molar-refractivity contribution is 0.276. The summed E-state index contributed by atoms with van der Waals surface area (Å²) in [6.07, 6.45) is 0. The van der Waals surface area contributed by atoms with Crippen molar-refractivity contribution >= 4 is 8.60 Å². The van der Waals surface area contributed by atoms with Crippen molar-refractivity contribution in [2.24, 2.45) is 0 Å². The van der Waals surface area contributed by atoms with E-state index in [0.29, 0.717) is 6.61 Å². The number of aryl methyl sites for hydroxylation is 2. The van der Waals surface area contributed by atoms with Gasteiger partial charge in [0, 0.05) is 11.1 Å². The van der Waals surface area contributed by atoms with E-state index in [0.717, 1.165) is 22.6 Å². The van der Waals surface area contributed by atoms with Gasteiger partial charge in [-0.1, -0.05) is 156 Å². The predicted octanol–water partition coefficient (Wildman–Crippen LogP) is 13.5. The Morgan fingerprint density at radius 1 is 0.500 bits per heavy atom. The summed E-state index contributed by atoms with van der Waals surface area (Å²) < 4.78 is 20.5. The van der Waals surface area contributed by atoms with Crippen LogP contribution in [0.15, 0.2) is 72.8 Å². The van der Waals surface area contributed by atoms with Crippen LogP contribution in [0.1, 0.15) is 123 Å². The number of benzene rings is 4. The van der Waals surface area contributed by atoms with Crippen LogP contribution in [-0.2, 0) is 26.2 Å². The van der Waals surface area contributed by atoms with Crippen LogP contribution in [0.5, 0.6) is 11.5 Å². The van der Waals surface area contributed by atoms with E-state index < -0.39 is 8.60 Å². The van der Waals surface area contributed by atoms with E-state index in [1.807, 2.05) is 6.92 Å². The third-order valence-electron chi connectivity index (χ3n) is 8.74. The fourth-order valence-corrected chi connectivity index (χ4v) is 7.71. The van der Waals surface area contributed by atoms with Crippen molar-refractivity contribution in [1.29, 1.82) is 0 Å². The van der Waals surface area contributed by atoms with E-state index in [9.17, 15) is 0 Å². The van der Waals surface area contributed by atoms with E-state index in [1.54, 1.807) is 0 Å². The van der Waals surface area contributed by atoms with Gasteiger partial charge in [-0.15, -0.1) is 0 Å². The van der Waals surface area contributed by atoms with Crippen molar-refractivity contribution in [3.63, 3.8) is 0 Å². The van der Waals surface area contributed by atoms with Gasteiger partial charge in [-0.05, 0) is 86.9 Å². The largest absolute Gasteiger partial charge is 0.463 e. The van der Waals surface area contributed by atoms with Gasteiger partial charge in [0.1, 0.15) is 11.5 Å². The second-order valence-corrected chi connectivity index (χ2v) is 18.3. The van der Waals surface area contributed by atoms with Gasteiger partial charge in [-0.3, -0.25) is 4.52 Å². The first-order chi connectivity index (χ1) is 22.2. The Bertz CT molecular complexity index is 1580. The summed E-state index contributed by atoms with van der Waals surface area (Å²) in [6, 6.07) is 26.1. The smallest absolute Gasteiger partial charge is 0.417 e. The van der Waals surface area contributed by atoms with E-state index in [1.165, 1.54) is 44.5 Å². The molecule has 0 atom stereocenters. The maximum atomic E-state index is 7.06. The summed E-state index contributed by atoms with van der Waals surface area (Å²) in [5.41, 5.74) is 11.4. The molecular formula is C44H59O3P. The van der Waals surface area contributed by atoms with Gasteiger partial charge in [0.2, 0.25) is 0 Å². The maximum Gasteiger partial charge on any atom is 0.463 e. The van der Waals surface area contributed by atoms with Crippen LogP contribution in [0.4, 0.5) is 0 Å². The molecule has 0 amide bonds. The average Bonchev–Trinajstić information content (AvgIpc) is 2.97. The quantitative estimate of drug-likeness (QED) is 0.175. The van der Waals surface area contributed by atoms with Gasteiger partial charge >= 0.3 is 8.60 Å². The minimum Gasteiger partial charge on any atom is -0.417 e. The average molecular weight is 667 g/mol. The van der Waals surface area contributed by atoms with Gasteiger partial charge in [-0.25, -0.2) is 0 Å². The predicted molar refractivity (Wildman–Crippen MR) is 208 cm³/mol. The normalized spacial score (nSPS) is 12.8. The molecule has 4 rings (SSSR count). The Kier molecular flexibility index (Phi) is 11.0. The first kappa shape index (κ1) is 37.7. The van der Waals surface area contributed by atoms with Gasteiger partial charge in [-0.2, -0.15) is 0 Å². The van der Waals surface area contributed by atoms with Crippen LogP contribution in [-0.4, -0.2) is 6.61 Å². The van der Waals surface area contributed by atoms with Crippen molar-refractivity contribution in [3.8, 4) is 33.8 Å². The Hall–Kier alpha value is -3.13. The molecule has 4 aromatic carbocycles. The van der Waals surface area contributed by atoms with Crippen LogP contribution >= 0.6 is 8.60 Å². The van der Waals surface area contributed by atoms with Gasteiger partial charge in [0.05, 0.1) is 6.61 Å². The number of hydrogen-bond donors (Lipinski definition) is 0. The second kappa shape index (κ2) is 14.0. The summed E-state index contributed by atoms with van der Waals surface area (Å²) >= 11 is 0. The Morgan fingerprint density at radius 3 is 1.10 bits per heavy atom. The standard InChI is InChI=1S/C44H59O3P/c1-16-45-48(46-39-29(2)27-33(41(4,5)6)35(37(39)43(10,11)12)31-23-19-17-20-24-31)47-40-30(3)28-34(42(7,8)9)36(38(40)44(13,14)15)32-25-21-18-22-26-32/h17-28H,16H2,1-15H3. The SMILES string of the molecule is CCOP(Oc1c(C)cc(C(C)(C)C)c(-c2ccccc2)c1C(C)(C)C)Oc1c(C)cc(C(C)(C)C)c(-c2ccccc2)c1C(C)(C)C. The van der Waals surface area contributed by atoms with Crippen LogP contribution < -0.4 is 9.05 Å². The molecule has 0 aliphatic carbocycles. The molecular weight excluding hydrogens is 607 g/mol. The monoisotopic (exact) mass is 666 g/mol. The molecule has 0 heterocycles. The zero-order valence-electron chi connectivity index (χ0n) is 32.3. The molecule has 0 spiro atoms. The van der Waals surface area contributed by atoms with E-state index in [4.69, 9.17) is 13.6 Å². The summed E-state index contributed by atoms with van der Waals surface area (Å²) in [7, 11) is -1.81. The minimum absolute atomic E-state index is 0.0724. The summed E-state index contributed by atoms with van der Waals surface area (Å²) in [6.45, 7) is 34.2. The third-order valence-corrected chi connectivity index (χ3v) is 9.87. The lowest BCUT2D eigenvalue weighted by Gasteiger charge is -2.35. The number of hydrogen-bond acceptors (Lipinski definition) is 3. The molecule has 0 aliphatic heterocycles. The van der Waals surface area contributed by atoms with Crippen LogP contribution in [0.2, 0.25) is 0 Å². The molecule has 0 saturated heterocycles. The van der Waals surface area contributed by atoms with Gasteiger partial charge in [0.15, 0.2) is 0 Å². The summed E-state index contributed by atoms with van der Waals surface area (Å²) in [4.78, 5) is 0. The molecule has 4 heteroatoms. The fraction of sp³-hybridized carbons (Fsp3) is 0.455. The van der Waals surface area contributed by atoms with E-state index in [-0.39, 0.29) is 21.7 Å². The fourth-order valence-electron chi connectivity index (χ4n) is 6.58. The molecule has 0 aliphatic rings. The number of rotatable bonds is 8. The highest BCUT2D eigenvalue weighted by molar-refractivity contribution is 7.42. The summed E-state index contributed by atoms with van der Waals surface area (Å²) in [5, 5.41) is 0. The first-order valence-corrected chi connectivity index (χ1v) is 18.5. The van der Waals surface area contributed by atoms with Crippen LogP contribution in [0.3, 0.4) is 0 Å². The topological polar surface area (TPSA) is 27.7 Å². The zero-order valence-corrected chi connectivity index (χ0v) is 33.2. The van der Waals surface area contributed by atoms with Crippen molar-refractivity contribution in [2.75, 3.05) is 6.61 Å². The van der Waals surface area contributed by atoms with Crippen molar-refractivity contribution in [1.82, 2.24) is 0 Å². The molecule has 0 radical (unpaired) electrons. The first-order valence-electron chi connectivity index (χ1n) is 17.4. The highest BCUT2D eigenvalue weighted by Crippen LogP contribution is 2.54. The Balaban J connectivity index is 2.00. The molecule has 0 fully saturated rings. The molecule has 258 valence electrons. The molecule has 48 heavy (non-hydrogen) atoms. The zero-order chi connectivity index (χ0) is 35.8. The third kappa shape index (κ3) is 8.18.